The molecule has 0 saturated carbocycles. The molecule has 1 aromatic carbocycles. The molecule has 0 aliphatic rings. The normalized spacial score (nSPS) is 10.8. The second-order valence-corrected chi connectivity index (χ2v) is 4.08. The number of alkyl halides is 1. The van der Waals surface area contributed by atoms with E-state index in [1.54, 1.807) is 12.1 Å². The quantitative estimate of drug-likeness (QED) is 0.842. The number of hydrogen-bond acceptors (Lipinski definition) is 4. The number of benzene rings is 1. The van der Waals surface area contributed by atoms with E-state index in [9.17, 15) is 9.18 Å². The number of aromatic nitrogens is 4. The van der Waals surface area contributed by atoms with E-state index in [1.165, 1.54) is 6.07 Å². The van der Waals surface area contributed by atoms with Gasteiger partial charge in [-0.2, -0.15) is 9.36 Å². The molecule has 96 valence electrons. The first-order valence-electron chi connectivity index (χ1n) is 5.27. The number of nitrogens with zero attached hydrogens (tertiary/aromatic N) is 4. The van der Waals surface area contributed by atoms with Crippen LogP contribution >= 0.6 is 11.6 Å². The van der Waals surface area contributed by atoms with Crippen LogP contribution in [0.2, 0.25) is 5.02 Å². The van der Waals surface area contributed by atoms with Gasteiger partial charge in [0.2, 0.25) is 0 Å². The van der Waals surface area contributed by atoms with Crippen LogP contribution in [0.25, 0.3) is 5.69 Å². The summed E-state index contributed by atoms with van der Waals surface area (Å²) < 4.78 is 14.2. The molecule has 1 aromatic heterocycles. The zero-order valence-corrected chi connectivity index (χ0v) is 10.1. The molecule has 2 aromatic rings. The van der Waals surface area contributed by atoms with E-state index in [2.05, 4.69) is 10.4 Å². The van der Waals surface area contributed by atoms with Crippen molar-refractivity contribution >= 4 is 17.3 Å². The van der Waals surface area contributed by atoms with Gasteiger partial charge >= 0.3 is 5.69 Å². The molecule has 6 nitrogen and oxygen atoms in total. The van der Waals surface area contributed by atoms with Crippen LogP contribution < -0.4 is 11.4 Å². The Bertz CT molecular complexity index is 609. The summed E-state index contributed by atoms with van der Waals surface area (Å²) in [6.07, 6.45) is 0.217. The number of nitrogen functional groups attached to an aromatic ring is 1. The largest absolute Gasteiger partial charge is 0.397 e. The van der Waals surface area contributed by atoms with Crippen LogP contribution in [0.4, 0.5) is 10.1 Å². The summed E-state index contributed by atoms with van der Waals surface area (Å²) in [6, 6.07) is 4.69. The first-order valence-corrected chi connectivity index (χ1v) is 5.65. The van der Waals surface area contributed by atoms with Crippen molar-refractivity contribution in [3.05, 3.63) is 33.7 Å². The van der Waals surface area contributed by atoms with Crippen LogP contribution in [-0.4, -0.2) is 26.5 Å². The lowest BCUT2D eigenvalue weighted by atomic mass is 10.3. The summed E-state index contributed by atoms with van der Waals surface area (Å²) in [6.45, 7) is -0.328. The first kappa shape index (κ1) is 12.6. The summed E-state index contributed by atoms with van der Waals surface area (Å²) in [5, 5.41) is 7.82. The Morgan fingerprint density at radius 3 is 2.83 bits per heavy atom. The minimum absolute atomic E-state index is 0.183. The predicted molar refractivity (Wildman–Crippen MR) is 65.6 cm³/mol. The lowest BCUT2D eigenvalue weighted by Crippen LogP contribution is -2.25. The minimum atomic E-state index is -0.512. The Kier molecular flexibility index (Phi) is 3.61. The highest BCUT2D eigenvalue weighted by Gasteiger charge is 2.11. The molecule has 2 N–H and O–H groups in total. The number of hydrogen-bond donors (Lipinski definition) is 1. The van der Waals surface area contributed by atoms with Crippen LogP contribution in [0.1, 0.15) is 6.42 Å². The molecule has 0 aliphatic carbocycles. The van der Waals surface area contributed by atoms with Crippen molar-refractivity contribution in [2.75, 3.05) is 12.4 Å². The van der Waals surface area contributed by atoms with Gasteiger partial charge in [-0.3, -0.25) is 4.39 Å². The van der Waals surface area contributed by atoms with E-state index in [1.807, 2.05) is 0 Å². The van der Waals surface area contributed by atoms with Crippen LogP contribution in [-0.2, 0) is 6.54 Å². The van der Waals surface area contributed by atoms with Gasteiger partial charge in [0.1, 0.15) is 0 Å². The highest BCUT2D eigenvalue weighted by atomic mass is 35.5. The SMILES string of the molecule is Nc1cc(Cl)ccc1-n1nnn(CCCF)c1=O. The molecule has 0 bridgehead atoms. The van der Waals surface area contributed by atoms with Crippen LogP contribution in [0.15, 0.2) is 23.0 Å². The van der Waals surface area contributed by atoms with Gasteiger partial charge in [-0.25, -0.2) is 4.79 Å². The fraction of sp³-hybridized carbons (Fsp3) is 0.300. The zero-order valence-electron chi connectivity index (χ0n) is 9.38. The maximum atomic E-state index is 12.0. The molecule has 0 aliphatic heterocycles. The number of aryl methyl sites for hydroxylation is 1. The van der Waals surface area contributed by atoms with Gasteiger partial charge in [0.15, 0.2) is 0 Å². The number of anilines is 1. The molecule has 0 fully saturated rings. The Balaban J connectivity index is 2.39. The highest BCUT2D eigenvalue weighted by molar-refractivity contribution is 6.30. The van der Waals surface area contributed by atoms with Crippen molar-refractivity contribution < 1.29 is 4.39 Å². The third-order valence-electron chi connectivity index (χ3n) is 2.36. The van der Waals surface area contributed by atoms with Crippen molar-refractivity contribution in [2.45, 2.75) is 13.0 Å². The van der Waals surface area contributed by atoms with Gasteiger partial charge in [-0.15, -0.1) is 0 Å². The molecule has 8 heteroatoms. The molecule has 2 rings (SSSR count). The summed E-state index contributed by atoms with van der Waals surface area (Å²) in [4.78, 5) is 11.9. The standard InChI is InChI=1S/C10H11ClFN5O/c11-7-2-3-9(8(13)6-7)17-10(18)16(14-15-17)5-1-4-12/h2-3,6H,1,4-5,13H2. The van der Waals surface area contributed by atoms with Gasteiger partial charge in [0, 0.05) is 5.02 Å². The molecule has 18 heavy (non-hydrogen) atoms. The van der Waals surface area contributed by atoms with E-state index in [-0.39, 0.29) is 13.0 Å². The minimum Gasteiger partial charge on any atom is -0.397 e. The smallest absolute Gasteiger partial charge is 0.368 e. The van der Waals surface area contributed by atoms with E-state index in [4.69, 9.17) is 17.3 Å². The second kappa shape index (κ2) is 5.18. The van der Waals surface area contributed by atoms with Crippen LogP contribution in [0, 0.1) is 0 Å². The van der Waals surface area contributed by atoms with E-state index < -0.39 is 12.4 Å². The average molecular weight is 272 g/mol. The van der Waals surface area contributed by atoms with Crippen molar-refractivity contribution in [2.24, 2.45) is 0 Å². The third kappa shape index (κ3) is 2.35. The lowest BCUT2D eigenvalue weighted by molar-refractivity contribution is 0.427. The molecule has 0 amide bonds. The predicted octanol–water partition coefficient (Wildman–Crippen LogP) is 1.02. The number of rotatable bonds is 4. The fourth-order valence-corrected chi connectivity index (χ4v) is 1.67. The van der Waals surface area contributed by atoms with Gasteiger partial charge in [-0.05, 0) is 35.0 Å². The fourth-order valence-electron chi connectivity index (χ4n) is 1.49. The number of halogens is 2. The van der Waals surface area contributed by atoms with Crippen LogP contribution in [0.5, 0.6) is 0 Å². The van der Waals surface area contributed by atoms with Gasteiger partial charge in [0.05, 0.1) is 24.6 Å². The molecular formula is C10H11ClFN5O. The summed E-state index contributed by atoms with van der Waals surface area (Å²) in [5.41, 5.74) is 6.01. The maximum absolute atomic E-state index is 12.0. The van der Waals surface area contributed by atoms with E-state index >= 15 is 0 Å². The topological polar surface area (TPSA) is 78.7 Å². The zero-order chi connectivity index (χ0) is 13.1. The number of nitrogens with two attached hydrogens (primary N) is 1. The Morgan fingerprint density at radius 2 is 2.17 bits per heavy atom. The van der Waals surface area contributed by atoms with Gasteiger partial charge < -0.3 is 5.73 Å². The van der Waals surface area contributed by atoms with E-state index in [0.717, 1.165) is 9.36 Å². The molecule has 0 unspecified atom stereocenters. The van der Waals surface area contributed by atoms with Crippen LogP contribution in [0.3, 0.4) is 0 Å². The Hall–Kier alpha value is -1.89. The number of tetrazole rings is 1. The first-order chi connectivity index (χ1) is 8.63. The molecule has 0 radical (unpaired) electrons. The Labute approximate surface area is 107 Å². The average Bonchev–Trinajstić information content (AvgIpc) is 2.68. The van der Waals surface area contributed by atoms with Crippen molar-refractivity contribution in [1.82, 2.24) is 19.8 Å². The Morgan fingerprint density at radius 1 is 1.39 bits per heavy atom. The molecule has 0 atom stereocenters. The van der Waals surface area contributed by atoms with Gasteiger partial charge in [-0.1, -0.05) is 11.6 Å². The third-order valence-corrected chi connectivity index (χ3v) is 2.60. The maximum Gasteiger partial charge on any atom is 0.368 e. The van der Waals surface area contributed by atoms with Gasteiger partial charge in [0.25, 0.3) is 0 Å². The second-order valence-electron chi connectivity index (χ2n) is 3.64. The molecule has 0 saturated heterocycles. The molecule has 1 heterocycles. The molecular weight excluding hydrogens is 261 g/mol. The summed E-state index contributed by atoms with van der Waals surface area (Å²) >= 11 is 5.77. The monoisotopic (exact) mass is 271 g/mol. The summed E-state index contributed by atoms with van der Waals surface area (Å²) in [7, 11) is 0. The lowest BCUT2D eigenvalue weighted by Gasteiger charge is -2.03. The van der Waals surface area contributed by atoms with Crippen molar-refractivity contribution in [3.8, 4) is 5.69 Å². The van der Waals surface area contributed by atoms with Crippen molar-refractivity contribution in [3.63, 3.8) is 0 Å². The summed E-state index contributed by atoms with van der Waals surface area (Å²) in [5.74, 6) is 0. The molecule has 0 spiro atoms. The van der Waals surface area contributed by atoms with E-state index in [0.29, 0.717) is 16.4 Å². The highest BCUT2D eigenvalue weighted by Crippen LogP contribution is 2.19. The van der Waals surface area contributed by atoms with Crippen molar-refractivity contribution in [1.29, 1.82) is 0 Å².